The molecule has 0 aliphatic carbocycles. The Hall–Kier alpha value is -4.01. The van der Waals surface area contributed by atoms with Crippen LogP contribution in [0.15, 0.2) is 73.1 Å². The number of carbonyl (C=O) groups excluding carboxylic acids is 1. The van der Waals surface area contributed by atoms with E-state index in [1.165, 1.54) is 12.1 Å². The van der Waals surface area contributed by atoms with Gasteiger partial charge in [-0.1, -0.05) is 18.2 Å². The molecule has 0 saturated heterocycles. The zero-order valence-corrected chi connectivity index (χ0v) is 16.1. The number of pyridine rings is 1. The van der Waals surface area contributed by atoms with E-state index in [1.807, 2.05) is 12.1 Å². The minimum absolute atomic E-state index is 0.0337. The van der Waals surface area contributed by atoms with Gasteiger partial charge in [-0.15, -0.1) is 0 Å². The van der Waals surface area contributed by atoms with E-state index >= 15 is 0 Å². The van der Waals surface area contributed by atoms with Crippen LogP contribution >= 0.6 is 0 Å². The molecule has 6 nitrogen and oxygen atoms in total. The third kappa shape index (κ3) is 4.61. The Balaban J connectivity index is 1.48. The molecule has 1 amide bonds. The zero-order chi connectivity index (χ0) is 22.0. The van der Waals surface area contributed by atoms with Crippen molar-refractivity contribution in [1.29, 1.82) is 0 Å². The number of rotatable bonds is 5. The molecule has 158 valence electrons. The lowest BCUT2D eigenvalue weighted by Gasteiger charge is -2.10. The van der Waals surface area contributed by atoms with Crippen LogP contribution in [0.25, 0.3) is 16.9 Å². The molecule has 0 saturated carbocycles. The van der Waals surface area contributed by atoms with E-state index in [2.05, 4.69) is 10.3 Å². The summed E-state index contributed by atoms with van der Waals surface area (Å²) in [6, 6.07) is 15.1. The molecule has 0 unspecified atom stereocenters. The number of alkyl halides is 3. The maximum absolute atomic E-state index is 12.8. The summed E-state index contributed by atoms with van der Waals surface area (Å²) in [5.74, 6) is -0.235. The number of imidazole rings is 1. The van der Waals surface area contributed by atoms with Crippen LogP contribution in [-0.4, -0.2) is 21.9 Å². The van der Waals surface area contributed by atoms with Crippen molar-refractivity contribution in [2.24, 2.45) is 0 Å². The summed E-state index contributed by atoms with van der Waals surface area (Å²) >= 11 is 0. The number of nitrogens with zero attached hydrogens (tertiary/aromatic N) is 2. The Morgan fingerprint density at radius 2 is 1.90 bits per heavy atom. The van der Waals surface area contributed by atoms with Crippen molar-refractivity contribution < 1.29 is 22.7 Å². The average Bonchev–Trinajstić information content (AvgIpc) is 3.17. The molecule has 3 N–H and O–H groups in total. The summed E-state index contributed by atoms with van der Waals surface area (Å²) in [4.78, 5) is 16.7. The molecule has 31 heavy (non-hydrogen) atoms. The molecule has 0 atom stereocenters. The van der Waals surface area contributed by atoms with Gasteiger partial charge in [-0.3, -0.25) is 4.79 Å². The zero-order valence-electron chi connectivity index (χ0n) is 16.1. The van der Waals surface area contributed by atoms with Crippen LogP contribution in [0.5, 0.6) is 5.75 Å². The lowest BCUT2D eigenvalue weighted by atomic mass is 10.1. The van der Waals surface area contributed by atoms with Gasteiger partial charge in [0, 0.05) is 29.3 Å². The van der Waals surface area contributed by atoms with Gasteiger partial charge in [-0.2, -0.15) is 13.2 Å². The lowest BCUT2D eigenvalue weighted by molar-refractivity contribution is -0.137. The Morgan fingerprint density at radius 1 is 1.10 bits per heavy atom. The van der Waals surface area contributed by atoms with Crippen LogP contribution in [0.1, 0.15) is 5.56 Å². The Labute approximate surface area is 175 Å². The lowest BCUT2D eigenvalue weighted by Crippen LogP contribution is -2.20. The smallest absolute Gasteiger partial charge is 0.416 e. The van der Waals surface area contributed by atoms with Gasteiger partial charge in [0.25, 0.3) is 5.91 Å². The predicted octanol–water partition coefficient (Wildman–Crippen LogP) is 4.62. The maximum atomic E-state index is 12.8. The monoisotopic (exact) mass is 426 g/mol. The molecular weight excluding hydrogens is 409 g/mol. The first-order valence-electron chi connectivity index (χ1n) is 9.23. The second-order valence-electron chi connectivity index (χ2n) is 6.77. The topological polar surface area (TPSA) is 81.6 Å². The number of amides is 1. The van der Waals surface area contributed by atoms with E-state index in [1.54, 1.807) is 41.1 Å². The first-order valence-corrected chi connectivity index (χ1v) is 9.23. The van der Waals surface area contributed by atoms with Crippen LogP contribution < -0.4 is 15.8 Å². The molecule has 0 spiro atoms. The SMILES string of the molecule is Nc1cccc(-c2cn3cccc(OCC(=O)Nc4cccc(C(F)(F)F)c4)c3n2)c1. The van der Waals surface area contributed by atoms with Gasteiger partial charge < -0.3 is 20.2 Å². The van der Waals surface area contributed by atoms with E-state index in [0.29, 0.717) is 22.8 Å². The number of benzene rings is 2. The van der Waals surface area contributed by atoms with E-state index < -0.39 is 24.3 Å². The van der Waals surface area contributed by atoms with Crippen molar-refractivity contribution >= 4 is 22.9 Å². The molecule has 2 heterocycles. The van der Waals surface area contributed by atoms with Crippen molar-refractivity contribution in [1.82, 2.24) is 9.38 Å². The van der Waals surface area contributed by atoms with Gasteiger partial charge in [0.05, 0.1) is 11.3 Å². The van der Waals surface area contributed by atoms with Crippen molar-refractivity contribution in [3.63, 3.8) is 0 Å². The highest BCUT2D eigenvalue weighted by molar-refractivity contribution is 5.92. The largest absolute Gasteiger partial charge is 0.480 e. The number of carbonyl (C=O) groups is 1. The molecule has 0 aliphatic rings. The van der Waals surface area contributed by atoms with E-state index in [-0.39, 0.29) is 5.69 Å². The second kappa shape index (κ2) is 8.02. The Bertz CT molecular complexity index is 1250. The summed E-state index contributed by atoms with van der Waals surface area (Å²) in [5, 5.41) is 2.40. The van der Waals surface area contributed by atoms with E-state index in [4.69, 9.17) is 10.5 Å². The predicted molar refractivity (Wildman–Crippen MR) is 111 cm³/mol. The molecule has 2 aromatic heterocycles. The molecule has 0 fully saturated rings. The maximum Gasteiger partial charge on any atom is 0.416 e. The second-order valence-corrected chi connectivity index (χ2v) is 6.77. The highest BCUT2D eigenvalue weighted by atomic mass is 19.4. The van der Waals surface area contributed by atoms with Crippen LogP contribution in [0, 0.1) is 0 Å². The molecule has 0 aliphatic heterocycles. The number of nitrogens with one attached hydrogen (secondary N) is 1. The number of aromatic nitrogens is 2. The van der Waals surface area contributed by atoms with Crippen LogP contribution in [0.4, 0.5) is 24.5 Å². The van der Waals surface area contributed by atoms with E-state index in [9.17, 15) is 18.0 Å². The minimum atomic E-state index is -4.49. The highest BCUT2D eigenvalue weighted by Crippen LogP contribution is 2.30. The number of hydrogen-bond donors (Lipinski definition) is 2. The van der Waals surface area contributed by atoms with Gasteiger partial charge >= 0.3 is 6.18 Å². The van der Waals surface area contributed by atoms with Gasteiger partial charge in [0.15, 0.2) is 18.0 Å². The molecular formula is C22H17F3N4O2. The summed E-state index contributed by atoms with van der Waals surface area (Å²) in [7, 11) is 0. The number of nitrogen functional groups attached to an aromatic ring is 1. The van der Waals surface area contributed by atoms with E-state index in [0.717, 1.165) is 17.7 Å². The van der Waals surface area contributed by atoms with Gasteiger partial charge in [0.1, 0.15) is 0 Å². The van der Waals surface area contributed by atoms with Crippen molar-refractivity contribution in [2.75, 3.05) is 17.7 Å². The van der Waals surface area contributed by atoms with Crippen molar-refractivity contribution in [3.05, 3.63) is 78.6 Å². The molecule has 4 rings (SSSR count). The number of ether oxygens (including phenoxy) is 1. The summed E-state index contributed by atoms with van der Waals surface area (Å²) in [6.07, 6.45) is -0.901. The molecule has 4 aromatic rings. The molecule has 0 radical (unpaired) electrons. The fraction of sp³-hybridized carbons (Fsp3) is 0.0909. The highest BCUT2D eigenvalue weighted by Gasteiger charge is 2.30. The number of halogens is 3. The first-order chi connectivity index (χ1) is 14.8. The third-order valence-electron chi connectivity index (χ3n) is 4.46. The fourth-order valence-corrected chi connectivity index (χ4v) is 3.05. The summed E-state index contributed by atoms with van der Waals surface area (Å²) in [5.41, 5.74) is 7.63. The molecule has 2 aromatic carbocycles. The molecule has 0 bridgehead atoms. The van der Waals surface area contributed by atoms with Crippen LogP contribution in [0.2, 0.25) is 0 Å². The Kier molecular flexibility index (Phi) is 5.24. The van der Waals surface area contributed by atoms with Crippen molar-refractivity contribution in [2.45, 2.75) is 6.18 Å². The molecule has 9 heteroatoms. The third-order valence-corrected chi connectivity index (χ3v) is 4.46. The van der Waals surface area contributed by atoms with Crippen LogP contribution in [-0.2, 0) is 11.0 Å². The minimum Gasteiger partial charge on any atom is -0.480 e. The average molecular weight is 426 g/mol. The van der Waals surface area contributed by atoms with Crippen molar-refractivity contribution in [3.8, 4) is 17.0 Å². The standard InChI is InChI=1S/C22H17F3N4O2/c23-22(24,25)15-5-2-7-17(11-15)27-20(30)13-31-19-8-3-9-29-12-18(28-21(19)29)14-4-1-6-16(26)10-14/h1-12H,13,26H2,(H,27,30). The summed E-state index contributed by atoms with van der Waals surface area (Å²) in [6.45, 7) is -0.392. The number of nitrogens with two attached hydrogens (primary N) is 1. The Morgan fingerprint density at radius 3 is 2.68 bits per heavy atom. The van der Waals surface area contributed by atoms with Crippen LogP contribution in [0.3, 0.4) is 0 Å². The van der Waals surface area contributed by atoms with Gasteiger partial charge in [0.2, 0.25) is 0 Å². The van der Waals surface area contributed by atoms with Gasteiger partial charge in [-0.25, -0.2) is 4.98 Å². The van der Waals surface area contributed by atoms with Gasteiger partial charge in [-0.05, 0) is 42.5 Å². The summed E-state index contributed by atoms with van der Waals surface area (Å²) < 4.78 is 45.8. The quantitative estimate of drug-likeness (QED) is 0.457. The number of anilines is 2. The normalized spacial score (nSPS) is 11.5. The number of hydrogen-bond acceptors (Lipinski definition) is 4. The number of fused-ring (bicyclic) bond motifs is 1. The fourth-order valence-electron chi connectivity index (χ4n) is 3.05. The first kappa shape index (κ1) is 20.3.